The van der Waals surface area contributed by atoms with Gasteiger partial charge >= 0.3 is 5.97 Å². The van der Waals surface area contributed by atoms with Gasteiger partial charge in [0, 0.05) is 32.9 Å². The quantitative estimate of drug-likeness (QED) is 0.163. The molecule has 0 unspecified atom stereocenters. The van der Waals surface area contributed by atoms with E-state index in [1.807, 2.05) is 36.4 Å². The molecular formula is C40H25N3O2. The van der Waals surface area contributed by atoms with Gasteiger partial charge in [-0.05, 0) is 83.4 Å². The smallest absolute Gasteiger partial charge is 0.333 e. The van der Waals surface area contributed by atoms with E-state index in [9.17, 15) is 9.90 Å². The summed E-state index contributed by atoms with van der Waals surface area (Å²) in [5.74, 6) is -1.23. The summed E-state index contributed by atoms with van der Waals surface area (Å²) in [6.45, 7) is 7.14. The Morgan fingerprint density at radius 3 is 1.53 bits per heavy atom. The highest BCUT2D eigenvalue weighted by Crippen LogP contribution is 2.38. The third-order valence-corrected chi connectivity index (χ3v) is 8.49. The summed E-state index contributed by atoms with van der Waals surface area (Å²) in [4.78, 5) is 14.4. The van der Waals surface area contributed by atoms with Gasteiger partial charge in [-0.15, -0.1) is 0 Å². The maximum Gasteiger partial charge on any atom is 0.333 e. The van der Waals surface area contributed by atoms with Gasteiger partial charge in [-0.2, -0.15) is 0 Å². The molecule has 0 fully saturated rings. The molecule has 0 saturated carbocycles. The average Bonchev–Trinajstić information content (AvgIpc) is 3.60. The molecule has 2 heterocycles. The largest absolute Gasteiger partial charge is 0.486 e. The molecule has 5 nitrogen and oxygen atoms in total. The molecule has 212 valence electrons. The molecule has 1 N–H and O–H groups in total. The van der Waals surface area contributed by atoms with E-state index >= 15 is 0 Å². The number of hydrogen-bond donors (Lipinski definition) is 1. The molecule has 5 heteroatoms. The number of para-hydroxylation sites is 3. The van der Waals surface area contributed by atoms with Crippen LogP contribution in [-0.2, 0) is 4.79 Å². The lowest BCUT2D eigenvalue weighted by Crippen LogP contribution is -1.96. The molecule has 0 aliphatic carbocycles. The molecular weight excluding hydrogens is 554 g/mol. The normalized spacial score (nSPS) is 11.8. The lowest BCUT2D eigenvalue weighted by atomic mass is 10.0. The van der Waals surface area contributed by atoms with E-state index in [4.69, 9.17) is 6.57 Å². The van der Waals surface area contributed by atoms with Crippen molar-refractivity contribution in [2.75, 3.05) is 0 Å². The van der Waals surface area contributed by atoms with Crippen molar-refractivity contribution in [1.29, 1.82) is 0 Å². The van der Waals surface area contributed by atoms with Crippen molar-refractivity contribution in [3.8, 4) is 22.5 Å². The van der Waals surface area contributed by atoms with Gasteiger partial charge in [-0.3, -0.25) is 4.79 Å². The maximum atomic E-state index is 11.3. The average molecular weight is 580 g/mol. The second-order valence-electron chi connectivity index (χ2n) is 11.0. The summed E-state index contributed by atoms with van der Waals surface area (Å²) in [7, 11) is 0. The highest BCUT2D eigenvalue weighted by atomic mass is 16.4. The molecule has 0 saturated heterocycles. The number of rotatable bonds is 5. The number of benzene rings is 6. The molecule has 0 aliphatic heterocycles. The van der Waals surface area contributed by atoms with E-state index in [0.29, 0.717) is 5.56 Å². The molecule has 8 aromatic rings. The molecule has 0 amide bonds. The first-order valence-electron chi connectivity index (χ1n) is 14.7. The number of fused-ring (bicyclic) bond motifs is 6. The van der Waals surface area contributed by atoms with Crippen LogP contribution in [0, 0.1) is 6.57 Å². The zero-order chi connectivity index (χ0) is 30.5. The summed E-state index contributed by atoms with van der Waals surface area (Å²) < 4.78 is 4.56. The molecule has 0 aliphatic rings. The van der Waals surface area contributed by atoms with Crippen LogP contribution in [0.3, 0.4) is 0 Å². The van der Waals surface area contributed by atoms with E-state index in [2.05, 4.69) is 117 Å². The fourth-order valence-corrected chi connectivity index (χ4v) is 6.46. The van der Waals surface area contributed by atoms with Crippen molar-refractivity contribution in [2.24, 2.45) is 0 Å². The van der Waals surface area contributed by atoms with Crippen molar-refractivity contribution in [3.63, 3.8) is 0 Å². The molecule has 0 bridgehead atoms. The number of carbonyl (C=O) groups is 1. The fourth-order valence-electron chi connectivity index (χ4n) is 6.46. The number of aromatic nitrogens is 2. The Morgan fingerprint density at radius 1 is 0.556 bits per heavy atom. The molecule has 45 heavy (non-hydrogen) atoms. The van der Waals surface area contributed by atoms with Gasteiger partial charge in [0.15, 0.2) is 0 Å². The van der Waals surface area contributed by atoms with Crippen LogP contribution in [-0.4, -0.2) is 20.2 Å². The second kappa shape index (κ2) is 10.4. The Labute approximate surface area is 258 Å². The number of hydrogen-bond acceptors (Lipinski definition) is 1. The van der Waals surface area contributed by atoms with Gasteiger partial charge in [0.1, 0.15) is 0 Å². The standard InChI is InChI=1S/C40H25N3O2/c1-41-35(40(44)45)23-26-15-19-30(20-16-26)43-37-14-8-6-12-32(37)34-25-28(18-22-39(34)43)27-17-21-38-33(24-27)31-11-5-7-13-36(31)42(38)29-9-3-2-4-10-29/h2-25H,(H,44,45). The van der Waals surface area contributed by atoms with Gasteiger partial charge in [0.05, 0.1) is 28.6 Å². The third-order valence-electron chi connectivity index (χ3n) is 8.49. The van der Waals surface area contributed by atoms with Crippen LogP contribution in [0.25, 0.3) is 77.0 Å². The zero-order valence-corrected chi connectivity index (χ0v) is 24.1. The number of aliphatic carboxylic acids is 1. The maximum absolute atomic E-state index is 11.3. The van der Waals surface area contributed by atoms with Crippen molar-refractivity contribution in [2.45, 2.75) is 0 Å². The molecule has 6 aromatic carbocycles. The topological polar surface area (TPSA) is 51.5 Å². The monoisotopic (exact) mass is 579 g/mol. The minimum Gasteiger partial charge on any atom is -0.486 e. The predicted octanol–water partition coefficient (Wildman–Crippen LogP) is 9.89. The Balaban J connectivity index is 1.27. The lowest BCUT2D eigenvalue weighted by Gasteiger charge is -2.10. The second-order valence-corrected chi connectivity index (χ2v) is 11.0. The summed E-state index contributed by atoms with van der Waals surface area (Å²) in [5.41, 5.74) is 9.28. The SMILES string of the molecule is [C-]#[N+]C(=Cc1ccc(-n2c3ccccc3c3cc(-c4ccc5c(c4)c4ccccc4n5-c4ccccc4)ccc32)cc1)C(=O)O. The first-order chi connectivity index (χ1) is 22.1. The van der Waals surface area contributed by atoms with Gasteiger partial charge in [0.2, 0.25) is 0 Å². The minimum absolute atomic E-state index is 0.310. The van der Waals surface area contributed by atoms with E-state index in [0.717, 1.165) is 44.3 Å². The van der Waals surface area contributed by atoms with Crippen LogP contribution in [0.5, 0.6) is 0 Å². The summed E-state index contributed by atoms with van der Waals surface area (Å²) in [6.07, 6.45) is 1.39. The summed E-state index contributed by atoms with van der Waals surface area (Å²) in [6, 6.07) is 48.4. The van der Waals surface area contributed by atoms with Crippen molar-refractivity contribution in [1.82, 2.24) is 9.13 Å². The molecule has 0 radical (unpaired) electrons. The Kier molecular flexibility index (Phi) is 6.07. The molecule has 8 rings (SSSR count). The lowest BCUT2D eigenvalue weighted by molar-refractivity contribution is -0.132. The molecule has 0 spiro atoms. The van der Waals surface area contributed by atoms with Gasteiger partial charge < -0.3 is 14.2 Å². The highest BCUT2D eigenvalue weighted by Gasteiger charge is 2.16. The highest BCUT2D eigenvalue weighted by molar-refractivity contribution is 6.12. The number of carboxylic acid groups (broad SMARTS) is 1. The van der Waals surface area contributed by atoms with Crippen LogP contribution in [0.15, 0.2) is 145 Å². The van der Waals surface area contributed by atoms with E-state index in [-0.39, 0.29) is 5.70 Å². The van der Waals surface area contributed by atoms with E-state index < -0.39 is 5.97 Å². The third kappa shape index (κ3) is 4.28. The fraction of sp³-hybridized carbons (Fsp3) is 0. The van der Waals surface area contributed by atoms with Crippen molar-refractivity contribution < 1.29 is 9.90 Å². The predicted molar refractivity (Wildman–Crippen MR) is 183 cm³/mol. The first-order valence-corrected chi connectivity index (χ1v) is 14.7. The summed E-state index contributed by atoms with van der Waals surface area (Å²) >= 11 is 0. The van der Waals surface area contributed by atoms with Crippen LogP contribution < -0.4 is 0 Å². The number of carboxylic acids is 1. The van der Waals surface area contributed by atoms with Crippen LogP contribution in [0.2, 0.25) is 0 Å². The summed E-state index contributed by atoms with van der Waals surface area (Å²) in [5, 5.41) is 14.0. The molecule has 0 atom stereocenters. The van der Waals surface area contributed by atoms with Crippen molar-refractivity contribution >= 4 is 55.7 Å². The van der Waals surface area contributed by atoms with Gasteiger partial charge in [0.25, 0.3) is 5.70 Å². The van der Waals surface area contributed by atoms with Crippen LogP contribution in [0.1, 0.15) is 5.56 Å². The van der Waals surface area contributed by atoms with E-state index in [1.54, 1.807) is 0 Å². The zero-order valence-electron chi connectivity index (χ0n) is 24.1. The minimum atomic E-state index is -1.23. The van der Waals surface area contributed by atoms with Crippen LogP contribution >= 0.6 is 0 Å². The van der Waals surface area contributed by atoms with Crippen molar-refractivity contribution in [3.05, 3.63) is 162 Å². The van der Waals surface area contributed by atoms with Gasteiger partial charge in [-0.1, -0.05) is 78.9 Å². The number of nitrogens with zero attached hydrogens (tertiary/aromatic N) is 3. The first kappa shape index (κ1) is 26.3. The Hall–Kier alpha value is -6.38. The van der Waals surface area contributed by atoms with Gasteiger partial charge in [-0.25, -0.2) is 4.85 Å². The van der Waals surface area contributed by atoms with E-state index in [1.165, 1.54) is 27.9 Å². The Bertz CT molecular complexity index is 2510. The molecule has 2 aromatic heterocycles. The Morgan fingerprint density at radius 2 is 1.02 bits per heavy atom. The van der Waals surface area contributed by atoms with Crippen LogP contribution in [0.4, 0.5) is 0 Å².